The fourth-order valence-corrected chi connectivity index (χ4v) is 5.19. The molecule has 2 heterocycles. The molecule has 2 aliphatic heterocycles. The zero-order chi connectivity index (χ0) is 28.9. The second-order valence-corrected chi connectivity index (χ2v) is 10.6. The van der Waals surface area contributed by atoms with E-state index in [0.29, 0.717) is 5.56 Å². The summed E-state index contributed by atoms with van der Waals surface area (Å²) in [4.78, 5) is 67.1. The van der Waals surface area contributed by atoms with Gasteiger partial charge in [-0.2, -0.15) is 0 Å². The fourth-order valence-electron chi connectivity index (χ4n) is 4.57. The number of halogens is 2. The van der Waals surface area contributed by atoms with Crippen molar-refractivity contribution in [1.29, 1.82) is 0 Å². The van der Waals surface area contributed by atoms with E-state index in [1.807, 2.05) is 0 Å². The van der Waals surface area contributed by atoms with Gasteiger partial charge in [-0.1, -0.05) is 37.3 Å². The summed E-state index contributed by atoms with van der Waals surface area (Å²) in [5.74, 6) is -3.75. The summed E-state index contributed by atoms with van der Waals surface area (Å²) in [6.45, 7) is 2.05. The molecule has 2 saturated heterocycles. The van der Waals surface area contributed by atoms with Crippen molar-refractivity contribution in [1.82, 2.24) is 26.2 Å². The molecule has 0 bridgehead atoms. The van der Waals surface area contributed by atoms with E-state index in [4.69, 9.17) is 23.2 Å². The van der Waals surface area contributed by atoms with Crippen molar-refractivity contribution in [3.05, 3.63) is 35.9 Å². The van der Waals surface area contributed by atoms with Crippen molar-refractivity contribution in [2.24, 2.45) is 0 Å². The van der Waals surface area contributed by atoms with Crippen LogP contribution in [0, 0.1) is 0 Å². The highest BCUT2D eigenvalue weighted by Crippen LogP contribution is 2.29. The molecule has 1 aromatic carbocycles. The van der Waals surface area contributed by atoms with Crippen LogP contribution in [-0.4, -0.2) is 98.8 Å². The lowest BCUT2D eigenvalue weighted by Crippen LogP contribution is -2.62. The molecule has 0 saturated carbocycles. The normalized spacial score (nSPS) is 32.0. The zero-order valence-electron chi connectivity index (χ0n) is 21.5. The number of carbonyl (C=O) groups is 5. The third-order valence-corrected chi connectivity index (χ3v) is 7.81. The van der Waals surface area contributed by atoms with E-state index >= 15 is 0 Å². The molecular formula is C25H33Cl2N5O7. The van der Waals surface area contributed by atoms with Crippen molar-refractivity contribution in [2.45, 2.75) is 73.8 Å². The van der Waals surface area contributed by atoms with Gasteiger partial charge in [0.05, 0.1) is 35.9 Å². The maximum Gasteiger partial charge on any atom is 0.245 e. The van der Waals surface area contributed by atoms with Gasteiger partial charge in [-0.15, -0.1) is 23.2 Å². The van der Waals surface area contributed by atoms with E-state index in [1.54, 1.807) is 37.3 Å². The third kappa shape index (κ3) is 7.18. The maximum absolute atomic E-state index is 13.5. The molecular weight excluding hydrogens is 553 g/mol. The van der Waals surface area contributed by atoms with Gasteiger partial charge in [0.2, 0.25) is 29.5 Å². The van der Waals surface area contributed by atoms with Gasteiger partial charge in [0.1, 0.15) is 24.2 Å². The molecule has 2 fully saturated rings. The first-order chi connectivity index (χ1) is 18.5. The summed E-state index contributed by atoms with van der Waals surface area (Å²) >= 11 is 12.7. The van der Waals surface area contributed by atoms with Crippen LogP contribution in [0.2, 0.25) is 0 Å². The number of nitrogens with one attached hydrogen (secondary N) is 4. The highest BCUT2D eigenvalue weighted by Gasteiger charge is 2.48. The molecule has 0 aromatic heterocycles. The summed E-state index contributed by atoms with van der Waals surface area (Å²) in [6, 6.07) is 2.39. The number of hydrogen-bond acceptors (Lipinski definition) is 7. The van der Waals surface area contributed by atoms with Crippen LogP contribution in [-0.2, 0) is 24.0 Å². The number of rotatable bonds is 4. The molecule has 3 rings (SSSR count). The van der Waals surface area contributed by atoms with Crippen LogP contribution in [0.25, 0.3) is 0 Å². The summed E-state index contributed by atoms with van der Waals surface area (Å²) in [7, 11) is 0. The fraction of sp³-hybridized carbons (Fsp3) is 0.560. The Labute approximate surface area is 235 Å². The Morgan fingerprint density at radius 3 is 2.21 bits per heavy atom. The Bertz CT molecular complexity index is 1080. The summed E-state index contributed by atoms with van der Waals surface area (Å²) < 4.78 is 0. The van der Waals surface area contributed by atoms with Crippen molar-refractivity contribution < 1.29 is 34.2 Å². The van der Waals surface area contributed by atoms with Crippen LogP contribution in [0.15, 0.2) is 30.3 Å². The number of amides is 5. The molecule has 5 amide bonds. The quantitative estimate of drug-likeness (QED) is 0.243. The lowest BCUT2D eigenvalue weighted by Gasteiger charge is -2.32. The number of fused-ring (bicyclic) bond motifs is 1. The van der Waals surface area contributed by atoms with Crippen LogP contribution in [0.1, 0.15) is 38.3 Å². The smallest absolute Gasteiger partial charge is 0.245 e. The number of benzene rings is 1. The third-order valence-electron chi connectivity index (χ3n) is 6.73. The van der Waals surface area contributed by atoms with Gasteiger partial charge >= 0.3 is 0 Å². The molecule has 0 radical (unpaired) electrons. The molecule has 0 spiro atoms. The number of aliphatic hydroxyl groups is 2. The molecule has 14 heteroatoms. The monoisotopic (exact) mass is 585 g/mol. The summed E-state index contributed by atoms with van der Waals surface area (Å²) in [5, 5.41) is 28.3. The van der Waals surface area contributed by atoms with Gasteiger partial charge in [-0.25, -0.2) is 0 Å². The lowest BCUT2D eigenvalue weighted by molar-refractivity contribution is -0.143. The first-order valence-electron chi connectivity index (χ1n) is 12.6. The van der Waals surface area contributed by atoms with Crippen molar-refractivity contribution in [2.75, 3.05) is 13.2 Å². The second-order valence-electron chi connectivity index (χ2n) is 9.57. The Morgan fingerprint density at radius 2 is 1.62 bits per heavy atom. The first-order valence-corrected chi connectivity index (χ1v) is 13.5. The number of alkyl halides is 2. The molecule has 8 atom stereocenters. The van der Waals surface area contributed by atoms with Crippen molar-refractivity contribution in [3.8, 4) is 0 Å². The zero-order valence-corrected chi connectivity index (χ0v) is 23.0. The van der Waals surface area contributed by atoms with Gasteiger partial charge in [0, 0.05) is 6.54 Å². The summed E-state index contributed by atoms with van der Waals surface area (Å²) in [6.07, 6.45) is -1.49. The first kappa shape index (κ1) is 30.6. The van der Waals surface area contributed by atoms with Crippen LogP contribution in [0.5, 0.6) is 0 Å². The van der Waals surface area contributed by atoms with E-state index in [9.17, 15) is 34.2 Å². The molecule has 39 heavy (non-hydrogen) atoms. The van der Waals surface area contributed by atoms with Crippen molar-refractivity contribution >= 4 is 52.7 Å². The Morgan fingerprint density at radius 1 is 0.949 bits per heavy atom. The SMILES string of the molecule is CC[C@H]1NC(=O)C[C@@H](c2ccccc2)NC(=O)[C@H](CO)NC(=O)[C@@H]([C@H](C)O)NC(=O)[C@@H]2[C@H](Cl)[C@H](Cl)CN2C1=O. The van der Waals surface area contributed by atoms with Gasteiger partial charge in [-0.3, -0.25) is 24.0 Å². The van der Waals surface area contributed by atoms with Crippen LogP contribution in [0.3, 0.4) is 0 Å². The molecule has 214 valence electrons. The predicted octanol–water partition coefficient (Wildman–Crippen LogP) is -1.09. The van der Waals surface area contributed by atoms with Crippen LogP contribution in [0.4, 0.5) is 0 Å². The maximum atomic E-state index is 13.5. The van der Waals surface area contributed by atoms with Crippen LogP contribution < -0.4 is 21.3 Å². The average molecular weight is 586 g/mol. The molecule has 0 unspecified atom stereocenters. The minimum atomic E-state index is -1.55. The number of aliphatic hydroxyl groups excluding tert-OH is 2. The molecule has 12 nitrogen and oxygen atoms in total. The van der Waals surface area contributed by atoms with Crippen molar-refractivity contribution in [3.63, 3.8) is 0 Å². The summed E-state index contributed by atoms with van der Waals surface area (Å²) in [5.41, 5.74) is 0.577. The minimum absolute atomic E-state index is 0.0835. The standard InChI is InChI=1S/C25H33Cl2N5O7/c1-3-15-25(39)32-10-14(26)19(27)21(32)24(38)31-20(12(2)34)23(37)30-17(11-33)22(36)29-16(9-18(35)28-15)13-7-5-4-6-8-13/h4-8,12,14-17,19-21,33-34H,3,9-11H2,1-2H3,(H,28,35)(H,29,36)(H,30,37)(H,31,38)/t12-,14+,15+,16-,17-,19+,20+,21-/m0/s1. The number of carbonyl (C=O) groups excluding carboxylic acids is 5. The predicted molar refractivity (Wildman–Crippen MR) is 142 cm³/mol. The number of hydrogen-bond donors (Lipinski definition) is 6. The Hall–Kier alpha value is -2.93. The highest BCUT2D eigenvalue weighted by atomic mass is 35.5. The van der Waals surface area contributed by atoms with E-state index in [-0.39, 0.29) is 19.4 Å². The van der Waals surface area contributed by atoms with E-state index < -0.39 is 83.2 Å². The number of nitrogens with zero attached hydrogens (tertiary/aromatic N) is 1. The lowest BCUT2D eigenvalue weighted by atomic mass is 10.0. The van der Waals surface area contributed by atoms with Gasteiger partial charge < -0.3 is 36.4 Å². The Balaban J connectivity index is 2.02. The largest absolute Gasteiger partial charge is 0.394 e. The van der Waals surface area contributed by atoms with Crippen LogP contribution >= 0.6 is 23.2 Å². The minimum Gasteiger partial charge on any atom is -0.394 e. The van der Waals surface area contributed by atoms with E-state index in [2.05, 4.69) is 21.3 Å². The Kier molecular flexibility index (Phi) is 10.5. The average Bonchev–Trinajstić information content (AvgIpc) is 3.21. The van der Waals surface area contributed by atoms with E-state index in [0.717, 1.165) is 4.90 Å². The molecule has 0 aliphatic carbocycles. The second kappa shape index (κ2) is 13.4. The van der Waals surface area contributed by atoms with Gasteiger partial charge in [0.15, 0.2) is 0 Å². The highest BCUT2D eigenvalue weighted by molar-refractivity contribution is 6.32. The van der Waals surface area contributed by atoms with E-state index in [1.165, 1.54) is 6.92 Å². The molecule has 6 N–H and O–H groups in total. The topological polar surface area (TPSA) is 177 Å². The van der Waals surface area contributed by atoms with Gasteiger partial charge in [0.25, 0.3) is 0 Å². The molecule has 2 aliphatic rings. The van der Waals surface area contributed by atoms with Gasteiger partial charge in [-0.05, 0) is 18.9 Å². The molecule has 1 aromatic rings.